The Kier molecular flexibility index (Phi) is 6.21. The highest BCUT2D eigenvalue weighted by molar-refractivity contribution is 7.97. The van der Waals surface area contributed by atoms with Gasteiger partial charge in [-0.3, -0.25) is 19.8 Å². The van der Waals surface area contributed by atoms with Crippen LogP contribution in [0.5, 0.6) is 0 Å². The number of hydrogen-bond acceptors (Lipinski definition) is 6. The minimum absolute atomic E-state index is 0.151. The lowest BCUT2D eigenvalue weighted by Gasteiger charge is -2.24. The summed E-state index contributed by atoms with van der Waals surface area (Å²) in [6.07, 6.45) is 1.37. The van der Waals surface area contributed by atoms with Crippen LogP contribution in [-0.2, 0) is 14.6 Å². The summed E-state index contributed by atoms with van der Waals surface area (Å²) < 4.78 is 27.6. The predicted molar refractivity (Wildman–Crippen MR) is 137 cm³/mol. The van der Waals surface area contributed by atoms with Crippen molar-refractivity contribution in [3.8, 4) is 0 Å². The first-order valence-electron chi connectivity index (χ1n) is 10.9. The number of nitro groups is 1. The van der Waals surface area contributed by atoms with Gasteiger partial charge in [-0.1, -0.05) is 30.3 Å². The number of nitrogens with zero attached hydrogens (tertiary/aromatic N) is 3. The topological polar surface area (TPSA) is 101 Å². The third-order valence-electron chi connectivity index (χ3n) is 5.82. The lowest BCUT2D eigenvalue weighted by atomic mass is 10.1. The Labute approximate surface area is 204 Å². The largest absolute Gasteiger partial charge is 0.378 e. The second kappa shape index (κ2) is 8.99. The highest BCUT2D eigenvalue weighted by Crippen LogP contribution is 2.44. The molecular formula is C26H25N3O5S. The number of nitro benzene ring substituents is 1. The molecule has 1 unspecified atom stereocenters. The average molecular weight is 492 g/mol. The molecule has 1 heterocycles. The van der Waals surface area contributed by atoms with Crippen molar-refractivity contribution >= 4 is 38.9 Å². The van der Waals surface area contributed by atoms with Crippen LogP contribution < -0.4 is 9.80 Å². The number of hydrogen-bond donors (Lipinski definition) is 0. The SMILES string of the molecule is Cc1cc(C)cc(N2C(=O)C(=Cc3ccc(N(C)C)cc3)S(=O)(=O)C2c2cccc([N+](=O)[O-])c2)c1. The van der Waals surface area contributed by atoms with Crippen molar-refractivity contribution in [2.45, 2.75) is 19.2 Å². The number of benzene rings is 3. The van der Waals surface area contributed by atoms with E-state index < -0.39 is 26.0 Å². The van der Waals surface area contributed by atoms with Gasteiger partial charge in [0.15, 0.2) is 5.37 Å². The number of non-ortho nitro benzene ring substituents is 1. The van der Waals surface area contributed by atoms with E-state index in [1.54, 1.807) is 24.3 Å². The van der Waals surface area contributed by atoms with Gasteiger partial charge in [-0.25, -0.2) is 8.42 Å². The fourth-order valence-corrected chi connectivity index (χ4v) is 6.11. The summed E-state index contributed by atoms with van der Waals surface area (Å²) in [4.78, 5) is 27.2. The Hall–Kier alpha value is -3.98. The zero-order valence-electron chi connectivity index (χ0n) is 19.8. The Morgan fingerprint density at radius 3 is 2.17 bits per heavy atom. The fraction of sp³-hybridized carbons (Fsp3) is 0.192. The second-order valence-corrected chi connectivity index (χ2v) is 10.7. The number of sulfone groups is 1. The summed E-state index contributed by atoms with van der Waals surface area (Å²) >= 11 is 0. The van der Waals surface area contributed by atoms with Crippen molar-refractivity contribution in [1.82, 2.24) is 0 Å². The number of carbonyl (C=O) groups is 1. The molecule has 1 atom stereocenters. The molecule has 0 saturated carbocycles. The Bertz CT molecular complexity index is 1440. The third kappa shape index (κ3) is 4.54. The van der Waals surface area contributed by atoms with Crippen LogP contribution in [0.2, 0.25) is 0 Å². The van der Waals surface area contributed by atoms with Crippen LogP contribution >= 0.6 is 0 Å². The van der Waals surface area contributed by atoms with Crippen LogP contribution in [0.4, 0.5) is 17.1 Å². The summed E-state index contributed by atoms with van der Waals surface area (Å²) in [6.45, 7) is 3.72. The molecule has 0 aromatic heterocycles. The minimum Gasteiger partial charge on any atom is -0.378 e. The van der Waals surface area contributed by atoms with Crippen molar-refractivity contribution in [1.29, 1.82) is 0 Å². The van der Waals surface area contributed by atoms with E-state index >= 15 is 0 Å². The van der Waals surface area contributed by atoms with E-state index in [1.807, 2.05) is 51.0 Å². The second-order valence-electron chi connectivity index (χ2n) is 8.77. The van der Waals surface area contributed by atoms with Crippen LogP contribution in [0, 0.1) is 24.0 Å². The van der Waals surface area contributed by atoms with E-state index in [-0.39, 0.29) is 16.2 Å². The molecule has 180 valence electrons. The van der Waals surface area contributed by atoms with Gasteiger partial charge >= 0.3 is 0 Å². The van der Waals surface area contributed by atoms with E-state index in [0.717, 1.165) is 16.8 Å². The fourth-order valence-electron chi connectivity index (χ4n) is 4.23. The van der Waals surface area contributed by atoms with Crippen molar-refractivity contribution < 1.29 is 18.1 Å². The van der Waals surface area contributed by atoms with E-state index in [1.165, 1.54) is 35.2 Å². The Morgan fingerprint density at radius 1 is 0.971 bits per heavy atom. The molecule has 8 nitrogen and oxygen atoms in total. The summed E-state index contributed by atoms with van der Waals surface area (Å²) in [5, 5.41) is 9.95. The number of anilines is 2. The normalized spacial score (nSPS) is 18.2. The number of rotatable bonds is 5. The van der Waals surface area contributed by atoms with Gasteiger partial charge in [0.1, 0.15) is 4.91 Å². The lowest BCUT2D eigenvalue weighted by molar-refractivity contribution is -0.384. The molecule has 1 saturated heterocycles. The number of aryl methyl sites for hydroxylation is 2. The van der Waals surface area contributed by atoms with Crippen molar-refractivity contribution in [3.05, 3.63) is 104 Å². The average Bonchev–Trinajstić information content (AvgIpc) is 2.99. The molecule has 1 amide bonds. The van der Waals surface area contributed by atoms with E-state index in [4.69, 9.17) is 0 Å². The maximum absolute atomic E-state index is 13.8. The van der Waals surface area contributed by atoms with Gasteiger partial charge in [-0.15, -0.1) is 0 Å². The molecule has 9 heteroatoms. The Morgan fingerprint density at radius 2 is 1.60 bits per heavy atom. The highest BCUT2D eigenvalue weighted by atomic mass is 32.2. The molecule has 4 rings (SSSR count). The Balaban J connectivity index is 1.92. The molecule has 3 aromatic carbocycles. The van der Waals surface area contributed by atoms with Gasteiger partial charge in [0.05, 0.1) is 4.92 Å². The molecule has 0 bridgehead atoms. The first kappa shape index (κ1) is 24.2. The van der Waals surface area contributed by atoms with Crippen LogP contribution in [0.3, 0.4) is 0 Å². The molecule has 3 aromatic rings. The molecule has 35 heavy (non-hydrogen) atoms. The van der Waals surface area contributed by atoms with Crippen LogP contribution in [0.15, 0.2) is 71.6 Å². The van der Waals surface area contributed by atoms with Gasteiger partial charge in [0, 0.05) is 37.6 Å². The van der Waals surface area contributed by atoms with Gasteiger partial charge in [-0.2, -0.15) is 0 Å². The molecule has 0 aliphatic carbocycles. The number of carbonyl (C=O) groups excluding carboxylic acids is 1. The van der Waals surface area contributed by atoms with E-state index in [9.17, 15) is 23.3 Å². The predicted octanol–water partition coefficient (Wildman–Crippen LogP) is 4.78. The quantitative estimate of drug-likeness (QED) is 0.289. The van der Waals surface area contributed by atoms with Crippen molar-refractivity contribution in [2.24, 2.45) is 0 Å². The smallest absolute Gasteiger partial charge is 0.271 e. The van der Waals surface area contributed by atoms with Crippen LogP contribution in [0.25, 0.3) is 6.08 Å². The number of amides is 1. The van der Waals surface area contributed by atoms with E-state index in [0.29, 0.717) is 11.3 Å². The summed E-state index contributed by atoms with van der Waals surface area (Å²) in [6, 6.07) is 18.0. The molecule has 1 aliphatic rings. The van der Waals surface area contributed by atoms with Gasteiger partial charge in [0.25, 0.3) is 11.6 Å². The molecule has 1 aliphatic heterocycles. The van der Waals surface area contributed by atoms with Gasteiger partial charge in [0.2, 0.25) is 9.84 Å². The van der Waals surface area contributed by atoms with Crippen LogP contribution in [0.1, 0.15) is 27.6 Å². The molecule has 1 fully saturated rings. The molecule has 0 spiro atoms. The summed E-state index contributed by atoms with van der Waals surface area (Å²) in [5.74, 6) is -0.678. The minimum atomic E-state index is -4.22. The lowest BCUT2D eigenvalue weighted by Crippen LogP contribution is -2.29. The maximum Gasteiger partial charge on any atom is 0.271 e. The van der Waals surface area contributed by atoms with Crippen molar-refractivity contribution in [3.63, 3.8) is 0 Å². The first-order chi connectivity index (χ1) is 16.5. The summed E-state index contributed by atoms with van der Waals surface area (Å²) in [5.41, 5.74) is 3.53. The summed E-state index contributed by atoms with van der Waals surface area (Å²) in [7, 11) is -0.430. The zero-order chi connectivity index (χ0) is 25.5. The van der Waals surface area contributed by atoms with Gasteiger partial charge < -0.3 is 4.90 Å². The molecule has 0 radical (unpaired) electrons. The maximum atomic E-state index is 13.8. The standard InChI is InChI=1S/C26H25N3O5S/c1-17-12-18(2)14-23(13-17)28-25(30)24(15-19-8-10-21(11-9-19)27(3)4)35(33,34)26(28)20-6-5-7-22(16-20)29(31)32/h5-16,26H,1-4H3. The van der Waals surface area contributed by atoms with E-state index in [2.05, 4.69) is 0 Å². The monoisotopic (exact) mass is 491 g/mol. The third-order valence-corrected chi connectivity index (χ3v) is 7.80. The highest BCUT2D eigenvalue weighted by Gasteiger charge is 2.50. The molecule has 0 N–H and O–H groups in total. The van der Waals surface area contributed by atoms with Crippen molar-refractivity contribution in [2.75, 3.05) is 23.9 Å². The zero-order valence-corrected chi connectivity index (χ0v) is 20.6. The van der Waals surface area contributed by atoms with Gasteiger partial charge in [-0.05, 0) is 66.4 Å². The first-order valence-corrected chi connectivity index (χ1v) is 12.4. The van der Waals surface area contributed by atoms with Crippen LogP contribution in [-0.4, -0.2) is 33.3 Å². The molecular weight excluding hydrogens is 466 g/mol.